The first-order valence-electron chi connectivity index (χ1n) is 6.94. The molecular weight excluding hydrogens is 292 g/mol. The summed E-state index contributed by atoms with van der Waals surface area (Å²) >= 11 is 5.89. The summed E-state index contributed by atoms with van der Waals surface area (Å²) in [6.07, 6.45) is 4.28. The summed E-state index contributed by atoms with van der Waals surface area (Å²) < 4.78 is 4.70. The van der Waals surface area contributed by atoms with Crippen LogP contribution in [-0.2, 0) is 9.53 Å². The van der Waals surface area contributed by atoms with Crippen molar-refractivity contribution in [2.24, 2.45) is 5.73 Å². The highest BCUT2D eigenvalue weighted by Crippen LogP contribution is 2.28. The van der Waals surface area contributed by atoms with E-state index >= 15 is 0 Å². The Bertz CT molecular complexity index is 554. The number of anilines is 1. The van der Waals surface area contributed by atoms with Gasteiger partial charge in [0, 0.05) is 5.02 Å². The first-order chi connectivity index (χ1) is 9.96. The highest BCUT2D eigenvalue weighted by Gasteiger charge is 2.35. The summed E-state index contributed by atoms with van der Waals surface area (Å²) in [5, 5.41) is 3.14. The van der Waals surface area contributed by atoms with Gasteiger partial charge >= 0.3 is 5.97 Å². The van der Waals surface area contributed by atoms with Crippen molar-refractivity contribution in [1.29, 1.82) is 0 Å². The van der Waals surface area contributed by atoms with Crippen LogP contribution < -0.4 is 11.1 Å². The summed E-state index contributed by atoms with van der Waals surface area (Å²) in [4.78, 5) is 24.2. The summed E-state index contributed by atoms with van der Waals surface area (Å²) in [5.41, 5.74) is 5.90. The first kappa shape index (κ1) is 15.8. The van der Waals surface area contributed by atoms with E-state index in [1.54, 1.807) is 12.1 Å². The van der Waals surface area contributed by atoms with Crippen LogP contribution in [0.2, 0.25) is 5.02 Å². The smallest absolute Gasteiger partial charge is 0.340 e. The molecule has 0 saturated heterocycles. The largest absolute Gasteiger partial charge is 0.465 e. The zero-order valence-corrected chi connectivity index (χ0v) is 12.7. The molecule has 1 aliphatic carbocycles. The number of hydrogen-bond donors (Lipinski definition) is 2. The zero-order chi connectivity index (χ0) is 15.5. The van der Waals surface area contributed by atoms with Crippen LogP contribution >= 0.6 is 11.6 Å². The van der Waals surface area contributed by atoms with Gasteiger partial charge in [-0.2, -0.15) is 0 Å². The fourth-order valence-corrected chi connectivity index (χ4v) is 2.73. The molecule has 0 atom stereocenters. The lowest BCUT2D eigenvalue weighted by Crippen LogP contribution is -2.52. The van der Waals surface area contributed by atoms with Gasteiger partial charge in [0.1, 0.15) is 0 Å². The van der Waals surface area contributed by atoms with Crippen LogP contribution in [0.25, 0.3) is 0 Å². The number of rotatable bonds is 3. The van der Waals surface area contributed by atoms with E-state index in [0.717, 1.165) is 19.3 Å². The number of carbonyl (C=O) groups excluding carboxylic acids is 2. The minimum absolute atomic E-state index is 0.220. The Hall–Kier alpha value is -1.59. The van der Waals surface area contributed by atoms with Crippen molar-refractivity contribution in [1.82, 2.24) is 0 Å². The van der Waals surface area contributed by atoms with E-state index in [1.165, 1.54) is 13.2 Å². The quantitative estimate of drug-likeness (QED) is 0.841. The van der Waals surface area contributed by atoms with E-state index in [4.69, 9.17) is 22.1 Å². The highest BCUT2D eigenvalue weighted by atomic mass is 35.5. The zero-order valence-electron chi connectivity index (χ0n) is 11.9. The molecule has 0 heterocycles. The van der Waals surface area contributed by atoms with Gasteiger partial charge in [0.25, 0.3) is 0 Å². The average Bonchev–Trinajstić information content (AvgIpc) is 2.49. The van der Waals surface area contributed by atoms with E-state index in [1.807, 2.05) is 0 Å². The van der Waals surface area contributed by atoms with Crippen LogP contribution in [0, 0.1) is 0 Å². The minimum atomic E-state index is -0.870. The van der Waals surface area contributed by atoms with Gasteiger partial charge in [-0.15, -0.1) is 0 Å². The maximum atomic E-state index is 12.4. The molecule has 114 valence electrons. The normalized spacial score (nSPS) is 17.1. The summed E-state index contributed by atoms with van der Waals surface area (Å²) in [6, 6.07) is 4.65. The molecule has 0 unspecified atom stereocenters. The van der Waals surface area contributed by atoms with Crippen molar-refractivity contribution in [3.63, 3.8) is 0 Å². The number of ether oxygens (including phenoxy) is 1. The number of benzene rings is 1. The second-order valence-corrected chi connectivity index (χ2v) is 5.79. The molecule has 1 fully saturated rings. The molecule has 3 N–H and O–H groups in total. The molecule has 0 bridgehead atoms. The molecule has 0 spiro atoms. The SMILES string of the molecule is COC(=O)c1cc(Cl)ccc1NC(=O)C1(N)CCCCC1. The Morgan fingerprint density at radius 1 is 1.29 bits per heavy atom. The number of amides is 1. The molecule has 0 radical (unpaired) electrons. The van der Waals surface area contributed by atoms with E-state index in [-0.39, 0.29) is 11.5 Å². The molecule has 6 heteroatoms. The second-order valence-electron chi connectivity index (χ2n) is 5.35. The topological polar surface area (TPSA) is 81.4 Å². The van der Waals surface area contributed by atoms with Crippen LogP contribution in [0.1, 0.15) is 42.5 Å². The van der Waals surface area contributed by atoms with Gasteiger partial charge in [-0.1, -0.05) is 30.9 Å². The molecule has 1 amide bonds. The lowest BCUT2D eigenvalue weighted by molar-refractivity contribution is -0.122. The van der Waals surface area contributed by atoms with Gasteiger partial charge in [0.05, 0.1) is 23.9 Å². The number of methoxy groups -OCH3 is 1. The predicted octanol–water partition coefficient (Wildman–Crippen LogP) is 2.73. The molecule has 2 rings (SSSR count). The predicted molar refractivity (Wildman–Crippen MR) is 81.4 cm³/mol. The molecule has 0 aromatic heterocycles. The van der Waals surface area contributed by atoms with Crippen molar-refractivity contribution in [2.75, 3.05) is 12.4 Å². The third-order valence-corrected chi connectivity index (χ3v) is 4.07. The molecule has 21 heavy (non-hydrogen) atoms. The first-order valence-corrected chi connectivity index (χ1v) is 7.32. The molecular formula is C15H19ClN2O3. The Morgan fingerprint density at radius 3 is 2.57 bits per heavy atom. The molecule has 5 nitrogen and oxygen atoms in total. The Balaban J connectivity index is 2.22. The van der Waals surface area contributed by atoms with Gasteiger partial charge in [-0.05, 0) is 31.0 Å². The number of carbonyl (C=O) groups is 2. The second kappa shape index (κ2) is 6.45. The maximum absolute atomic E-state index is 12.4. The number of nitrogens with one attached hydrogen (secondary N) is 1. The van der Waals surface area contributed by atoms with Crippen molar-refractivity contribution in [2.45, 2.75) is 37.6 Å². The monoisotopic (exact) mass is 310 g/mol. The van der Waals surface area contributed by atoms with Gasteiger partial charge in [0.15, 0.2) is 0 Å². The maximum Gasteiger partial charge on any atom is 0.340 e. The molecule has 1 aromatic carbocycles. The van der Waals surface area contributed by atoms with Crippen LogP contribution in [0.15, 0.2) is 18.2 Å². The van der Waals surface area contributed by atoms with E-state index < -0.39 is 11.5 Å². The standard InChI is InChI=1S/C15H19ClN2O3/c1-21-13(19)11-9-10(16)5-6-12(11)18-14(20)15(17)7-3-2-4-8-15/h5-6,9H,2-4,7-8,17H2,1H3,(H,18,20). The molecule has 0 aliphatic heterocycles. The number of hydrogen-bond acceptors (Lipinski definition) is 4. The van der Waals surface area contributed by atoms with Crippen LogP contribution in [0.5, 0.6) is 0 Å². The molecule has 1 aromatic rings. The van der Waals surface area contributed by atoms with Crippen molar-refractivity contribution < 1.29 is 14.3 Å². The fraction of sp³-hybridized carbons (Fsp3) is 0.467. The van der Waals surface area contributed by atoms with E-state index in [2.05, 4.69) is 5.32 Å². The Labute approximate surface area is 128 Å². The van der Waals surface area contributed by atoms with Gasteiger partial charge in [-0.3, -0.25) is 4.79 Å². The summed E-state index contributed by atoms with van der Waals surface area (Å²) in [7, 11) is 1.28. The van der Waals surface area contributed by atoms with Crippen LogP contribution in [0.3, 0.4) is 0 Å². The third-order valence-electron chi connectivity index (χ3n) is 3.83. The fourth-order valence-electron chi connectivity index (χ4n) is 2.56. The van der Waals surface area contributed by atoms with E-state index in [0.29, 0.717) is 23.6 Å². The summed E-state index contributed by atoms with van der Waals surface area (Å²) in [5.74, 6) is -0.822. The lowest BCUT2D eigenvalue weighted by Gasteiger charge is -2.32. The van der Waals surface area contributed by atoms with Crippen LogP contribution in [0.4, 0.5) is 5.69 Å². The number of nitrogens with two attached hydrogens (primary N) is 1. The highest BCUT2D eigenvalue weighted by molar-refractivity contribution is 6.31. The average molecular weight is 311 g/mol. The van der Waals surface area contributed by atoms with Crippen LogP contribution in [-0.4, -0.2) is 24.5 Å². The molecule has 1 aliphatic rings. The van der Waals surface area contributed by atoms with Crippen molar-refractivity contribution in [3.05, 3.63) is 28.8 Å². The summed E-state index contributed by atoms with van der Waals surface area (Å²) in [6.45, 7) is 0. The number of esters is 1. The number of halogens is 1. The van der Waals surface area contributed by atoms with Gasteiger partial charge < -0.3 is 15.8 Å². The Morgan fingerprint density at radius 2 is 1.95 bits per heavy atom. The minimum Gasteiger partial charge on any atom is -0.465 e. The lowest BCUT2D eigenvalue weighted by atomic mass is 9.82. The Kier molecular flexibility index (Phi) is 4.85. The molecule has 1 saturated carbocycles. The van der Waals surface area contributed by atoms with Crippen molar-refractivity contribution >= 4 is 29.2 Å². The van der Waals surface area contributed by atoms with Gasteiger partial charge in [-0.25, -0.2) is 4.79 Å². The van der Waals surface area contributed by atoms with Crippen molar-refractivity contribution in [3.8, 4) is 0 Å². The van der Waals surface area contributed by atoms with Gasteiger partial charge in [0.2, 0.25) is 5.91 Å². The third kappa shape index (κ3) is 3.54. The van der Waals surface area contributed by atoms with E-state index in [9.17, 15) is 9.59 Å².